The smallest absolute Gasteiger partial charge is 0.407 e. The van der Waals surface area contributed by atoms with Gasteiger partial charge in [-0.25, -0.2) is 4.79 Å². The number of carbonyl (C=O) groups is 1. The largest absolute Gasteiger partial charge is 0.495 e. The molecule has 0 saturated heterocycles. The molecule has 0 aliphatic heterocycles. The average Bonchev–Trinajstić information content (AvgIpc) is 2.86. The van der Waals surface area contributed by atoms with Gasteiger partial charge < -0.3 is 20.1 Å². The molecule has 2 rings (SSSR count). The first-order valence-electron chi connectivity index (χ1n) is 7.97. The second-order valence-corrected chi connectivity index (χ2v) is 8.67. The number of methoxy groups -OCH3 is 1. The van der Waals surface area contributed by atoms with Crippen LogP contribution in [-0.2, 0) is 4.74 Å². The van der Waals surface area contributed by atoms with Crippen molar-refractivity contribution in [2.75, 3.05) is 12.4 Å². The van der Waals surface area contributed by atoms with Gasteiger partial charge in [-0.05, 0) is 78.0 Å². The summed E-state index contributed by atoms with van der Waals surface area (Å²) < 4.78 is 12.5. The molecule has 24 heavy (non-hydrogen) atoms. The lowest BCUT2D eigenvalue weighted by Gasteiger charge is -2.22. The summed E-state index contributed by atoms with van der Waals surface area (Å²) in [4.78, 5) is 11.9. The minimum Gasteiger partial charge on any atom is -0.495 e. The molecule has 0 heterocycles. The molecule has 7 heteroatoms. The Morgan fingerprint density at radius 3 is 2.46 bits per heavy atom. The molecule has 0 radical (unpaired) electrons. The molecule has 2 atom stereocenters. The molecule has 1 saturated carbocycles. The van der Waals surface area contributed by atoms with Gasteiger partial charge in [-0.3, -0.25) is 0 Å². The summed E-state index contributed by atoms with van der Waals surface area (Å²) in [7, 11) is 1.65. The summed E-state index contributed by atoms with van der Waals surface area (Å²) in [6.45, 7) is 5.60. The van der Waals surface area contributed by atoms with E-state index in [1.54, 1.807) is 7.11 Å². The summed E-state index contributed by atoms with van der Waals surface area (Å²) in [5, 5.41) is 6.48. The van der Waals surface area contributed by atoms with Crippen molar-refractivity contribution >= 4 is 43.6 Å². The van der Waals surface area contributed by atoms with E-state index in [4.69, 9.17) is 9.47 Å². The van der Waals surface area contributed by atoms with E-state index in [1.807, 2.05) is 32.9 Å². The molecule has 1 aromatic rings. The van der Waals surface area contributed by atoms with E-state index in [0.29, 0.717) is 6.04 Å². The maximum Gasteiger partial charge on any atom is 0.407 e. The fourth-order valence-corrected chi connectivity index (χ4v) is 4.00. The highest BCUT2D eigenvalue weighted by molar-refractivity contribution is 9.11. The lowest BCUT2D eigenvalue weighted by molar-refractivity contribution is 0.0505. The monoisotopic (exact) mass is 462 g/mol. The number of anilines is 1. The number of hydrogen-bond acceptors (Lipinski definition) is 4. The lowest BCUT2D eigenvalue weighted by Crippen LogP contribution is -2.38. The Hall–Kier alpha value is -0.950. The minimum atomic E-state index is -0.473. The van der Waals surface area contributed by atoms with Crippen molar-refractivity contribution in [1.82, 2.24) is 5.32 Å². The lowest BCUT2D eigenvalue weighted by atomic mass is 10.2. The average molecular weight is 464 g/mol. The molecular formula is C17H24Br2N2O3. The van der Waals surface area contributed by atoms with Crippen molar-refractivity contribution in [2.24, 2.45) is 0 Å². The highest BCUT2D eigenvalue weighted by Crippen LogP contribution is 2.36. The van der Waals surface area contributed by atoms with E-state index in [0.717, 1.165) is 39.6 Å². The molecule has 2 unspecified atom stereocenters. The second kappa shape index (κ2) is 7.95. The maximum atomic E-state index is 11.9. The van der Waals surface area contributed by atoms with E-state index < -0.39 is 5.60 Å². The number of nitrogens with one attached hydrogen (secondary N) is 2. The van der Waals surface area contributed by atoms with E-state index in [1.165, 1.54) is 0 Å². The van der Waals surface area contributed by atoms with Gasteiger partial charge in [-0.15, -0.1) is 0 Å². The Labute approximate surface area is 160 Å². The molecule has 1 amide bonds. The fourth-order valence-electron chi connectivity index (χ4n) is 2.73. The molecule has 0 aromatic heterocycles. The standard InChI is InChI=1S/C17H24Br2N2O3/c1-17(2,3)24-16(22)21-11-6-5-10(7-11)20-14-9-15(23-4)13(19)8-12(14)18/h8-11,20H,5-7H2,1-4H3,(H,21,22). The normalized spacial score (nSPS) is 20.6. The predicted molar refractivity (Wildman–Crippen MR) is 103 cm³/mol. The topological polar surface area (TPSA) is 59.6 Å². The van der Waals surface area contributed by atoms with E-state index >= 15 is 0 Å². The number of benzene rings is 1. The molecule has 1 aliphatic carbocycles. The van der Waals surface area contributed by atoms with Crippen molar-refractivity contribution in [3.05, 3.63) is 21.1 Å². The van der Waals surface area contributed by atoms with Crippen molar-refractivity contribution in [1.29, 1.82) is 0 Å². The summed E-state index contributed by atoms with van der Waals surface area (Å²) in [6.07, 6.45) is 2.44. The molecule has 0 spiro atoms. The zero-order valence-electron chi connectivity index (χ0n) is 14.4. The van der Waals surface area contributed by atoms with Crippen molar-refractivity contribution in [3.63, 3.8) is 0 Å². The number of hydrogen-bond donors (Lipinski definition) is 2. The van der Waals surface area contributed by atoms with Crippen LogP contribution in [0.2, 0.25) is 0 Å². The van der Waals surface area contributed by atoms with Gasteiger partial charge >= 0.3 is 6.09 Å². The second-order valence-electron chi connectivity index (χ2n) is 6.96. The molecule has 134 valence electrons. The predicted octanol–water partition coefficient (Wildman–Crippen LogP) is 5.08. The van der Waals surface area contributed by atoms with Crippen LogP contribution >= 0.6 is 31.9 Å². The number of halogens is 2. The summed E-state index contributed by atoms with van der Waals surface area (Å²) in [5.74, 6) is 0.780. The quantitative estimate of drug-likeness (QED) is 0.653. The van der Waals surface area contributed by atoms with Gasteiger partial charge in [0.05, 0.1) is 17.3 Å². The Kier molecular flexibility index (Phi) is 6.42. The molecule has 2 N–H and O–H groups in total. The zero-order valence-corrected chi connectivity index (χ0v) is 17.6. The Morgan fingerprint density at radius 1 is 1.17 bits per heavy atom. The highest BCUT2D eigenvalue weighted by Gasteiger charge is 2.28. The first kappa shape index (κ1) is 19.4. The Bertz CT molecular complexity index is 602. The van der Waals surface area contributed by atoms with Crippen LogP contribution in [0.25, 0.3) is 0 Å². The minimum absolute atomic E-state index is 0.133. The number of ether oxygens (including phenoxy) is 2. The fraction of sp³-hybridized carbons (Fsp3) is 0.588. The van der Waals surface area contributed by atoms with Gasteiger partial charge in [0.2, 0.25) is 0 Å². The first-order chi connectivity index (χ1) is 11.2. The van der Waals surface area contributed by atoms with Crippen LogP contribution in [0.5, 0.6) is 5.75 Å². The van der Waals surface area contributed by atoms with Crippen LogP contribution in [0.3, 0.4) is 0 Å². The molecule has 5 nitrogen and oxygen atoms in total. The number of carbonyl (C=O) groups excluding carboxylic acids is 1. The van der Waals surface area contributed by atoms with Gasteiger partial charge in [0.1, 0.15) is 11.4 Å². The Morgan fingerprint density at radius 2 is 1.83 bits per heavy atom. The third kappa shape index (κ3) is 5.55. The van der Waals surface area contributed by atoms with Crippen LogP contribution in [0.1, 0.15) is 40.0 Å². The first-order valence-corrected chi connectivity index (χ1v) is 9.55. The van der Waals surface area contributed by atoms with E-state index in [2.05, 4.69) is 42.5 Å². The molecule has 1 aliphatic rings. The van der Waals surface area contributed by atoms with E-state index in [-0.39, 0.29) is 12.1 Å². The Balaban J connectivity index is 1.91. The third-order valence-corrected chi connectivity index (χ3v) is 5.03. The molecular weight excluding hydrogens is 440 g/mol. The maximum absolute atomic E-state index is 11.9. The van der Waals surface area contributed by atoms with Crippen LogP contribution in [0, 0.1) is 0 Å². The van der Waals surface area contributed by atoms with Crippen molar-refractivity contribution in [2.45, 2.75) is 57.7 Å². The van der Waals surface area contributed by atoms with Gasteiger partial charge in [0.15, 0.2) is 0 Å². The molecule has 1 aromatic carbocycles. The van der Waals surface area contributed by atoms with Crippen LogP contribution in [0.15, 0.2) is 21.1 Å². The van der Waals surface area contributed by atoms with Crippen LogP contribution < -0.4 is 15.4 Å². The number of amides is 1. The van der Waals surface area contributed by atoms with Crippen LogP contribution in [-0.4, -0.2) is 30.9 Å². The SMILES string of the molecule is COc1cc(NC2CCC(NC(=O)OC(C)(C)C)C2)c(Br)cc1Br. The summed E-state index contributed by atoms with van der Waals surface area (Å²) in [6, 6.07) is 4.36. The van der Waals surface area contributed by atoms with Gasteiger partial charge in [-0.2, -0.15) is 0 Å². The van der Waals surface area contributed by atoms with Gasteiger partial charge in [-0.1, -0.05) is 0 Å². The number of rotatable bonds is 4. The number of alkyl carbamates (subject to hydrolysis) is 1. The molecule has 0 bridgehead atoms. The zero-order chi connectivity index (χ0) is 17.9. The molecule has 1 fully saturated rings. The van der Waals surface area contributed by atoms with Gasteiger partial charge in [0, 0.05) is 22.6 Å². The van der Waals surface area contributed by atoms with Crippen molar-refractivity contribution < 1.29 is 14.3 Å². The third-order valence-electron chi connectivity index (χ3n) is 3.75. The highest BCUT2D eigenvalue weighted by atomic mass is 79.9. The van der Waals surface area contributed by atoms with Gasteiger partial charge in [0.25, 0.3) is 0 Å². The van der Waals surface area contributed by atoms with Crippen molar-refractivity contribution in [3.8, 4) is 5.75 Å². The van der Waals surface area contributed by atoms with E-state index in [9.17, 15) is 4.79 Å². The summed E-state index contributed by atoms with van der Waals surface area (Å²) >= 11 is 7.04. The van der Waals surface area contributed by atoms with Crippen LogP contribution in [0.4, 0.5) is 10.5 Å². The summed E-state index contributed by atoms with van der Waals surface area (Å²) in [5.41, 5.74) is 0.511.